The number of ether oxygens (including phenoxy) is 1. The SMILES string of the molecule is CCCN1C(=O)S/C(=C/c2cc(Cl)c(O)c(OCC)c2)C1=O. The maximum absolute atomic E-state index is 12.2. The Bertz CT molecular complexity index is 645. The molecule has 0 aliphatic carbocycles. The van der Waals surface area contributed by atoms with Crippen molar-refractivity contribution in [3.63, 3.8) is 0 Å². The second-order valence-electron chi connectivity index (χ2n) is 4.62. The zero-order valence-electron chi connectivity index (χ0n) is 12.3. The van der Waals surface area contributed by atoms with Crippen molar-refractivity contribution in [3.05, 3.63) is 27.6 Å². The fourth-order valence-electron chi connectivity index (χ4n) is 2.01. The van der Waals surface area contributed by atoms with E-state index in [0.29, 0.717) is 30.0 Å². The summed E-state index contributed by atoms with van der Waals surface area (Å²) >= 11 is 6.85. The van der Waals surface area contributed by atoms with Crippen molar-refractivity contribution in [2.45, 2.75) is 20.3 Å². The highest BCUT2D eigenvalue weighted by molar-refractivity contribution is 8.18. The third-order valence-electron chi connectivity index (χ3n) is 2.97. The molecule has 1 aromatic carbocycles. The van der Waals surface area contributed by atoms with Crippen LogP contribution in [0.15, 0.2) is 17.0 Å². The molecule has 1 aliphatic rings. The van der Waals surface area contributed by atoms with Gasteiger partial charge >= 0.3 is 0 Å². The molecule has 1 aromatic rings. The molecule has 1 saturated heterocycles. The van der Waals surface area contributed by atoms with Crippen molar-refractivity contribution in [2.24, 2.45) is 0 Å². The number of phenolic OH excluding ortho intramolecular Hbond substituents is 1. The maximum atomic E-state index is 12.2. The minimum absolute atomic E-state index is 0.130. The summed E-state index contributed by atoms with van der Waals surface area (Å²) < 4.78 is 5.30. The highest BCUT2D eigenvalue weighted by Gasteiger charge is 2.34. The average Bonchev–Trinajstić information content (AvgIpc) is 2.72. The van der Waals surface area contributed by atoms with Crippen LogP contribution in [-0.4, -0.2) is 34.3 Å². The lowest BCUT2D eigenvalue weighted by Crippen LogP contribution is -2.28. The number of thioether (sulfide) groups is 1. The third kappa shape index (κ3) is 3.39. The Hall–Kier alpha value is -1.66. The first-order valence-electron chi connectivity index (χ1n) is 6.88. The Morgan fingerprint density at radius 2 is 2.09 bits per heavy atom. The number of rotatable bonds is 5. The van der Waals surface area contributed by atoms with Gasteiger partial charge in [-0.15, -0.1) is 0 Å². The summed E-state index contributed by atoms with van der Waals surface area (Å²) in [5, 5.41) is 9.67. The average molecular weight is 342 g/mol. The second-order valence-corrected chi connectivity index (χ2v) is 6.02. The zero-order chi connectivity index (χ0) is 16.3. The number of carbonyl (C=O) groups is 2. The lowest BCUT2D eigenvalue weighted by Gasteiger charge is -2.10. The van der Waals surface area contributed by atoms with Crippen molar-refractivity contribution in [1.82, 2.24) is 4.90 Å². The molecule has 22 heavy (non-hydrogen) atoms. The van der Waals surface area contributed by atoms with Gasteiger partial charge in [-0.25, -0.2) is 0 Å². The molecule has 0 saturated carbocycles. The van der Waals surface area contributed by atoms with Gasteiger partial charge in [-0.2, -0.15) is 0 Å². The van der Waals surface area contributed by atoms with E-state index in [1.54, 1.807) is 19.1 Å². The molecular formula is C15H16ClNO4S. The van der Waals surface area contributed by atoms with Gasteiger partial charge in [-0.1, -0.05) is 18.5 Å². The van der Waals surface area contributed by atoms with E-state index in [-0.39, 0.29) is 27.7 Å². The molecule has 0 bridgehead atoms. The normalized spacial score (nSPS) is 16.7. The summed E-state index contributed by atoms with van der Waals surface area (Å²) in [6.45, 7) is 4.47. The minimum Gasteiger partial charge on any atom is -0.503 e. The number of benzene rings is 1. The lowest BCUT2D eigenvalue weighted by molar-refractivity contribution is -0.122. The molecule has 5 nitrogen and oxygen atoms in total. The van der Waals surface area contributed by atoms with Crippen LogP contribution in [0.3, 0.4) is 0 Å². The first-order valence-corrected chi connectivity index (χ1v) is 8.08. The van der Waals surface area contributed by atoms with Crippen molar-refractivity contribution in [1.29, 1.82) is 0 Å². The summed E-state index contributed by atoms with van der Waals surface area (Å²) in [6, 6.07) is 3.10. The topological polar surface area (TPSA) is 66.8 Å². The van der Waals surface area contributed by atoms with E-state index in [9.17, 15) is 14.7 Å². The monoisotopic (exact) mass is 341 g/mol. The van der Waals surface area contributed by atoms with Crippen molar-refractivity contribution in [3.8, 4) is 11.5 Å². The molecular weight excluding hydrogens is 326 g/mol. The number of imide groups is 1. The number of hydrogen-bond acceptors (Lipinski definition) is 5. The second kappa shape index (κ2) is 7.07. The molecule has 2 amide bonds. The van der Waals surface area contributed by atoms with Gasteiger partial charge in [0.25, 0.3) is 11.1 Å². The highest BCUT2D eigenvalue weighted by atomic mass is 35.5. The summed E-state index contributed by atoms with van der Waals surface area (Å²) in [5.41, 5.74) is 0.591. The fraction of sp³-hybridized carbons (Fsp3) is 0.333. The highest BCUT2D eigenvalue weighted by Crippen LogP contribution is 2.38. The first kappa shape index (κ1) is 16.7. The number of amides is 2. The van der Waals surface area contributed by atoms with Gasteiger partial charge in [0.05, 0.1) is 16.5 Å². The van der Waals surface area contributed by atoms with Crippen LogP contribution in [0.4, 0.5) is 4.79 Å². The van der Waals surface area contributed by atoms with Crippen LogP contribution in [0, 0.1) is 0 Å². The summed E-state index contributed by atoms with van der Waals surface area (Å²) in [5.74, 6) is -0.201. The summed E-state index contributed by atoms with van der Waals surface area (Å²) in [6.07, 6.45) is 2.29. The van der Waals surface area contributed by atoms with E-state index in [1.165, 1.54) is 11.0 Å². The van der Waals surface area contributed by atoms with Crippen LogP contribution in [0.5, 0.6) is 11.5 Å². The van der Waals surface area contributed by atoms with Crippen LogP contribution in [0.2, 0.25) is 5.02 Å². The van der Waals surface area contributed by atoms with Gasteiger partial charge in [-0.3, -0.25) is 14.5 Å². The lowest BCUT2D eigenvalue weighted by atomic mass is 10.2. The number of halogens is 1. The van der Waals surface area contributed by atoms with E-state index in [0.717, 1.165) is 11.8 Å². The largest absolute Gasteiger partial charge is 0.503 e. The smallest absolute Gasteiger partial charge is 0.293 e. The van der Waals surface area contributed by atoms with Crippen molar-refractivity contribution >= 4 is 40.6 Å². The van der Waals surface area contributed by atoms with Gasteiger partial charge in [0, 0.05) is 6.54 Å². The molecule has 118 valence electrons. The number of carbonyl (C=O) groups excluding carboxylic acids is 2. The number of aromatic hydroxyl groups is 1. The van der Waals surface area contributed by atoms with Crippen LogP contribution in [0.1, 0.15) is 25.8 Å². The standard InChI is InChI=1S/C15H16ClNO4S/c1-3-5-17-14(19)12(22-15(17)20)8-9-6-10(16)13(18)11(7-9)21-4-2/h6-8,18H,3-5H2,1-2H3/b12-8+. The molecule has 0 radical (unpaired) electrons. The predicted molar refractivity (Wildman–Crippen MR) is 87.3 cm³/mol. The molecule has 1 heterocycles. The van der Waals surface area contributed by atoms with Gasteiger partial charge in [0.1, 0.15) is 0 Å². The Kier molecular flexibility index (Phi) is 5.37. The predicted octanol–water partition coefficient (Wildman–Crippen LogP) is 3.89. The van der Waals surface area contributed by atoms with E-state index in [2.05, 4.69) is 0 Å². The van der Waals surface area contributed by atoms with E-state index >= 15 is 0 Å². The van der Waals surface area contributed by atoms with E-state index in [4.69, 9.17) is 16.3 Å². The molecule has 1 N–H and O–H groups in total. The molecule has 7 heteroatoms. The van der Waals surface area contributed by atoms with Crippen LogP contribution >= 0.6 is 23.4 Å². The molecule has 0 aromatic heterocycles. The molecule has 0 atom stereocenters. The Morgan fingerprint density at radius 1 is 1.36 bits per heavy atom. The maximum Gasteiger partial charge on any atom is 0.293 e. The van der Waals surface area contributed by atoms with E-state index in [1.807, 2.05) is 6.92 Å². The Morgan fingerprint density at radius 3 is 2.73 bits per heavy atom. The van der Waals surface area contributed by atoms with Crippen molar-refractivity contribution in [2.75, 3.05) is 13.2 Å². The van der Waals surface area contributed by atoms with E-state index < -0.39 is 0 Å². The number of phenols is 1. The fourth-order valence-corrected chi connectivity index (χ4v) is 3.09. The van der Waals surface area contributed by atoms with Gasteiger partial charge in [0.2, 0.25) is 0 Å². The van der Waals surface area contributed by atoms with Crippen LogP contribution in [0.25, 0.3) is 6.08 Å². The number of nitrogens with zero attached hydrogens (tertiary/aromatic N) is 1. The van der Waals surface area contributed by atoms with Crippen LogP contribution < -0.4 is 4.74 Å². The van der Waals surface area contributed by atoms with Gasteiger partial charge < -0.3 is 9.84 Å². The molecule has 0 spiro atoms. The van der Waals surface area contributed by atoms with Crippen molar-refractivity contribution < 1.29 is 19.4 Å². The minimum atomic E-state index is -0.306. The van der Waals surface area contributed by atoms with Gasteiger partial charge in [0.15, 0.2) is 11.5 Å². The third-order valence-corrected chi connectivity index (χ3v) is 4.16. The Labute approximate surface area is 137 Å². The van der Waals surface area contributed by atoms with Gasteiger partial charge in [-0.05, 0) is 48.9 Å². The van der Waals surface area contributed by atoms with Crippen LogP contribution in [-0.2, 0) is 4.79 Å². The molecule has 1 aliphatic heterocycles. The molecule has 1 fully saturated rings. The summed E-state index contributed by atoms with van der Waals surface area (Å²) in [7, 11) is 0. The number of hydrogen-bond donors (Lipinski definition) is 1. The quantitative estimate of drug-likeness (QED) is 0.823. The zero-order valence-corrected chi connectivity index (χ0v) is 13.8. The summed E-state index contributed by atoms with van der Waals surface area (Å²) in [4.78, 5) is 25.5. The Balaban J connectivity index is 2.33. The molecule has 2 rings (SSSR count). The molecule has 0 unspecified atom stereocenters. The first-order chi connectivity index (χ1) is 10.5.